The van der Waals surface area contributed by atoms with E-state index in [0.29, 0.717) is 58.4 Å². The fraction of sp³-hybridized carbons (Fsp3) is 0.333. The van der Waals surface area contributed by atoms with Crippen LogP contribution in [0.1, 0.15) is 20.7 Å². The summed E-state index contributed by atoms with van der Waals surface area (Å²) in [7, 11) is 2.83. The van der Waals surface area contributed by atoms with Crippen LogP contribution in [0.25, 0.3) is 11.1 Å². The van der Waals surface area contributed by atoms with E-state index in [-0.39, 0.29) is 23.0 Å². The van der Waals surface area contributed by atoms with Crippen LogP contribution >= 0.6 is 71.6 Å². The molecule has 206 valence electrons. The quantitative estimate of drug-likeness (QED) is 0.0439. The molecule has 4 N–H and O–H groups in total. The summed E-state index contributed by atoms with van der Waals surface area (Å²) in [5.74, 6) is 1.41. The summed E-state index contributed by atoms with van der Waals surface area (Å²) in [6.45, 7) is 0.805. The molecule has 2 aromatic rings. The molecule has 0 heterocycles. The van der Waals surface area contributed by atoms with Gasteiger partial charge in [0.25, 0.3) is 11.8 Å². The van der Waals surface area contributed by atoms with Crippen LogP contribution < -0.4 is 20.1 Å². The highest BCUT2D eigenvalue weighted by molar-refractivity contribution is 8.76. The molecule has 0 radical (unpaired) electrons. The van der Waals surface area contributed by atoms with Crippen LogP contribution in [-0.4, -0.2) is 71.4 Å². The van der Waals surface area contributed by atoms with Gasteiger partial charge in [0.15, 0.2) is 0 Å². The molecule has 2 amide bonds. The third-order valence-electron chi connectivity index (χ3n) is 4.92. The smallest absolute Gasteiger partial charge is 0.251 e. The largest absolute Gasteiger partial charge is 0.351 e. The molecule has 38 heavy (non-hydrogen) atoms. The lowest BCUT2D eigenvalue weighted by atomic mass is 9.94. The maximum atomic E-state index is 13.0. The lowest BCUT2D eigenvalue weighted by Crippen LogP contribution is -2.33. The van der Waals surface area contributed by atoms with Crippen LogP contribution in [0.3, 0.4) is 0 Å². The number of rotatable bonds is 18. The Morgan fingerprint density at radius 1 is 0.816 bits per heavy atom. The Hall–Kier alpha value is -1.26. The van der Waals surface area contributed by atoms with E-state index in [1.54, 1.807) is 24.3 Å². The van der Waals surface area contributed by atoms with Crippen molar-refractivity contribution in [3.05, 3.63) is 59.7 Å². The molecule has 0 unspecified atom stereocenters. The van der Waals surface area contributed by atoms with Crippen LogP contribution in [0, 0.1) is 0 Å². The van der Waals surface area contributed by atoms with Gasteiger partial charge in [-0.25, -0.2) is 4.72 Å². The third-order valence-corrected chi connectivity index (χ3v) is 8.88. The Bertz CT molecular complexity index is 1080. The number of thiol groups is 3. The minimum atomic E-state index is -0.465. The van der Waals surface area contributed by atoms with E-state index in [2.05, 4.69) is 58.0 Å². The normalized spacial score (nSPS) is 12.4. The molecular weight excluding hydrogens is 601 g/mol. The molecular formula is C24H30N4O4S6. The van der Waals surface area contributed by atoms with Crippen molar-refractivity contribution < 1.29 is 19.2 Å². The Morgan fingerprint density at radius 3 is 1.87 bits per heavy atom. The summed E-state index contributed by atoms with van der Waals surface area (Å²) in [4.78, 5) is 48.1. The Kier molecular flexibility index (Phi) is 16.4. The van der Waals surface area contributed by atoms with Gasteiger partial charge in [0.05, 0.1) is 12.1 Å². The number of benzene rings is 2. The first-order chi connectivity index (χ1) is 18.4. The number of carbonyl (C=O) groups is 4. The van der Waals surface area contributed by atoms with Crippen molar-refractivity contribution in [3.63, 3.8) is 0 Å². The molecule has 0 bridgehead atoms. The number of amides is 2. The molecule has 2 rings (SSSR count). The Labute approximate surface area is 251 Å². The van der Waals surface area contributed by atoms with Gasteiger partial charge in [-0.15, -0.1) is 12.6 Å². The lowest BCUT2D eigenvalue weighted by Gasteiger charge is -2.15. The predicted octanol–water partition coefficient (Wildman–Crippen LogP) is 3.19. The molecule has 14 heteroatoms. The summed E-state index contributed by atoms with van der Waals surface area (Å²) >= 11 is 13.3. The van der Waals surface area contributed by atoms with Crippen LogP contribution in [0.15, 0.2) is 48.5 Å². The van der Waals surface area contributed by atoms with Gasteiger partial charge in [-0.05, 0) is 34.2 Å². The number of hydrogen-bond donors (Lipinski definition) is 7. The average Bonchev–Trinajstić information content (AvgIpc) is 2.94. The molecule has 0 aliphatic carbocycles. The van der Waals surface area contributed by atoms with Gasteiger partial charge in [-0.1, -0.05) is 59.1 Å². The summed E-state index contributed by atoms with van der Waals surface area (Å²) < 4.78 is 5.95. The number of hydrogen-bond acceptors (Lipinski definition) is 11. The van der Waals surface area contributed by atoms with E-state index in [4.69, 9.17) is 0 Å². The van der Waals surface area contributed by atoms with Crippen LogP contribution in [0.2, 0.25) is 0 Å². The van der Waals surface area contributed by atoms with Gasteiger partial charge in [0.1, 0.15) is 6.29 Å². The first kappa shape index (κ1) is 32.9. The highest BCUT2D eigenvalue weighted by Crippen LogP contribution is 2.27. The third kappa shape index (κ3) is 11.1. The van der Waals surface area contributed by atoms with E-state index in [1.165, 1.54) is 33.7 Å². The molecule has 0 aromatic heterocycles. The van der Waals surface area contributed by atoms with Crippen molar-refractivity contribution in [2.45, 2.75) is 12.1 Å². The van der Waals surface area contributed by atoms with Crippen molar-refractivity contribution >= 4 is 94.8 Å². The van der Waals surface area contributed by atoms with Crippen molar-refractivity contribution in [1.82, 2.24) is 20.1 Å². The van der Waals surface area contributed by atoms with Crippen molar-refractivity contribution in [3.8, 4) is 11.1 Å². The second kappa shape index (κ2) is 18.9. The topological polar surface area (TPSA) is 116 Å². The maximum Gasteiger partial charge on any atom is 0.251 e. The number of nitrogens with one attached hydrogen (secondary N) is 4. The molecule has 8 nitrogen and oxygen atoms in total. The highest BCUT2D eigenvalue weighted by Gasteiger charge is 2.18. The second-order valence-corrected chi connectivity index (χ2v) is 11.9. The molecule has 0 aliphatic heterocycles. The second-order valence-electron chi connectivity index (χ2n) is 7.59. The summed E-state index contributed by atoms with van der Waals surface area (Å²) in [6.07, 6.45) is 0.806. The predicted molar refractivity (Wildman–Crippen MR) is 171 cm³/mol. The number of aldehydes is 1. The first-order valence-electron chi connectivity index (χ1n) is 11.5. The maximum absolute atomic E-state index is 13.0. The SMILES string of the molecule is O=C[C@H](CS)NSSCCNC(=O)c1ccccc1-c1ccccc1C(=O)NCCSN[C@@H](CS)C(=O)S. The van der Waals surface area contributed by atoms with E-state index in [9.17, 15) is 19.2 Å². The average molecular weight is 631 g/mol. The standard InChI is InChI=1S/C24H30N4O4S6/c29-13-16(14-33)27-38-37-12-10-26-23(31)20-8-4-2-6-18(20)17-5-1-3-7-19(17)22(30)25-9-11-36-28-21(15-34)24(32)35/h1-8,13,16,21,27-28,33-34H,9-12,14-15H2,(H,25,30)(H,26,31)(H,32,35)/t16-,21+/m1/s1. The van der Waals surface area contributed by atoms with Gasteiger partial charge in [-0.2, -0.15) is 25.3 Å². The van der Waals surface area contributed by atoms with Crippen LogP contribution in [-0.2, 0) is 9.59 Å². The van der Waals surface area contributed by atoms with E-state index in [0.717, 1.165) is 6.29 Å². The van der Waals surface area contributed by atoms with E-state index >= 15 is 0 Å². The van der Waals surface area contributed by atoms with E-state index in [1.807, 2.05) is 24.3 Å². The van der Waals surface area contributed by atoms with Crippen molar-refractivity contribution in [2.24, 2.45) is 0 Å². The molecule has 0 fully saturated rings. The Morgan fingerprint density at radius 2 is 1.37 bits per heavy atom. The lowest BCUT2D eigenvalue weighted by molar-refractivity contribution is -0.111. The van der Waals surface area contributed by atoms with Crippen LogP contribution in [0.4, 0.5) is 0 Å². The van der Waals surface area contributed by atoms with Gasteiger partial charge in [0, 0.05) is 47.2 Å². The fourth-order valence-corrected chi connectivity index (χ4v) is 6.47. The van der Waals surface area contributed by atoms with Crippen molar-refractivity contribution in [1.29, 1.82) is 0 Å². The van der Waals surface area contributed by atoms with E-state index < -0.39 is 6.04 Å². The van der Waals surface area contributed by atoms with Crippen LogP contribution in [0.5, 0.6) is 0 Å². The monoisotopic (exact) mass is 630 g/mol. The van der Waals surface area contributed by atoms with Gasteiger partial charge < -0.3 is 15.4 Å². The molecule has 2 aromatic carbocycles. The minimum absolute atomic E-state index is 0.240. The molecule has 0 saturated carbocycles. The minimum Gasteiger partial charge on any atom is -0.351 e. The summed E-state index contributed by atoms with van der Waals surface area (Å²) in [6, 6.07) is 13.5. The highest BCUT2D eigenvalue weighted by atomic mass is 33.1. The summed E-state index contributed by atoms with van der Waals surface area (Å²) in [5, 5.41) is 5.51. The summed E-state index contributed by atoms with van der Waals surface area (Å²) in [5.41, 5.74) is 2.23. The van der Waals surface area contributed by atoms with Gasteiger partial charge in [-0.3, -0.25) is 19.1 Å². The molecule has 0 saturated heterocycles. The number of carbonyl (C=O) groups excluding carboxylic acids is 4. The molecule has 2 atom stereocenters. The zero-order valence-electron chi connectivity index (χ0n) is 20.3. The van der Waals surface area contributed by atoms with Gasteiger partial charge >= 0.3 is 0 Å². The fourth-order valence-electron chi connectivity index (χ4n) is 3.02. The molecule has 0 aliphatic rings. The first-order valence-corrected chi connectivity index (χ1v) is 16.5. The Balaban J connectivity index is 1.96. The zero-order valence-corrected chi connectivity index (χ0v) is 25.4. The zero-order chi connectivity index (χ0) is 27.8. The van der Waals surface area contributed by atoms with Crippen molar-refractivity contribution in [2.75, 3.05) is 36.1 Å². The molecule has 0 spiro atoms. The van der Waals surface area contributed by atoms with Gasteiger partial charge in [0.2, 0.25) is 5.12 Å².